The van der Waals surface area contributed by atoms with Gasteiger partial charge < -0.3 is 5.11 Å². The van der Waals surface area contributed by atoms with Gasteiger partial charge in [-0.25, -0.2) is 13.6 Å². The SMILES string of the molecule is CC.O=C(O)c1ccc(F)cc1F. The lowest BCUT2D eigenvalue weighted by molar-refractivity contribution is 0.0692. The Labute approximate surface area is 74.8 Å². The number of aromatic carboxylic acids is 1. The molecule has 0 aliphatic carbocycles. The number of benzene rings is 1. The van der Waals surface area contributed by atoms with Gasteiger partial charge in [0.15, 0.2) is 0 Å². The molecular formula is C9H10F2O2. The van der Waals surface area contributed by atoms with Gasteiger partial charge in [0.1, 0.15) is 11.6 Å². The third-order valence-electron chi connectivity index (χ3n) is 1.16. The van der Waals surface area contributed by atoms with Crippen LogP contribution in [0.25, 0.3) is 0 Å². The van der Waals surface area contributed by atoms with Crippen LogP contribution in [0.15, 0.2) is 18.2 Å². The molecule has 0 radical (unpaired) electrons. The fraction of sp³-hybridized carbons (Fsp3) is 0.222. The second-order valence-corrected chi connectivity index (χ2v) is 1.93. The first-order valence-electron chi connectivity index (χ1n) is 3.79. The van der Waals surface area contributed by atoms with Crippen molar-refractivity contribution in [3.8, 4) is 0 Å². The summed E-state index contributed by atoms with van der Waals surface area (Å²) in [5.41, 5.74) is -0.522. The van der Waals surface area contributed by atoms with Crippen molar-refractivity contribution in [1.82, 2.24) is 0 Å². The van der Waals surface area contributed by atoms with E-state index in [1.165, 1.54) is 0 Å². The van der Waals surface area contributed by atoms with E-state index >= 15 is 0 Å². The molecule has 1 rings (SSSR count). The molecule has 0 aliphatic heterocycles. The second-order valence-electron chi connectivity index (χ2n) is 1.93. The number of carboxylic acids is 1. The molecule has 0 atom stereocenters. The summed E-state index contributed by atoms with van der Waals surface area (Å²) >= 11 is 0. The van der Waals surface area contributed by atoms with E-state index in [9.17, 15) is 13.6 Å². The van der Waals surface area contributed by atoms with E-state index in [1.807, 2.05) is 13.8 Å². The van der Waals surface area contributed by atoms with Crippen LogP contribution in [-0.4, -0.2) is 11.1 Å². The van der Waals surface area contributed by atoms with Crippen molar-refractivity contribution in [2.24, 2.45) is 0 Å². The van der Waals surface area contributed by atoms with Crippen LogP contribution < -0.4 is 0 Å². The minimum absolute atomic E-state index is 0.522. The van der Waals surface area contributed by atoms with E-state index < -0.39 is 23.2 Å². The molecule has 2 nitrogen and oxygen atoms in total. The van der Waals surface area contributed by atoms with Gasteiger partial charge in [-0.2, -0.15) is 0 Å². The summed E-state index contributed by atoms with van der Waals surface area (Å²) in [7, 11) is 0. The summed E-state index contributed by atoms with van der Waals surface area (Å²) in [4.78, 5) is 10.2. The van der Waals surface area contributed by atoms with E-state index in [0.29, 0.717) is 6.07 Å². The van der Waals surface area contributed by atoms with Gasteiger partial charge in [0.2, 0.25) is 0 Å². The lowest BCUT2D eigenvalue weighted by Crippen LogP contribution is -2.00. The molecule has 0 fully saturated rings. The molecular weight excluding hydrogens is 178 g/mol. The predicted molar refractivity (Wildman–Crippen MR) is 44.7 cm³/mol. The maximum atomic E-state index is 12.5. The highest BCUT2D eigenvalue weighted by Gasteiger charge is 2.09. The molecule has 0 aliphatic rings. The van der Waals surface area contributed by atoms with Gasteiger partial charge in [-0.3, -0.25) is 0 Å². The summed E-state index contributed by atoms with van der Waals surface area (Å²) < 4.78 is 24.7. The Hall–Kier alpha value is -1.45. The van der Waals surface area contributed by atoms with E-state index in [1.54, 1.807) is 0 Å². The quantitative estimate of drug-likeness (QED) is 0.735. The van der Waals surface area contributed by atoms with Gasteiger partial charge in [-0.05, 0) is 12.1 Å². The lowest BCUT2D eigenvalue weighted by atomic mass is 10.2. The first-order chi connectivity index (χ1) is 6.11. The maximum absolute atomic E-state index is 12.5. The third-order valence-corrected chi connectivity index (χ3v) is 1.16. The summed E-state index contributed by atoms with van der Waals surface area (Å²) in [5, 5.41) is 8.29. The fourth-order valence-corrected chi connectivity index (χ4v) is 0.663. The Kier molecular flexibility index (Phi) is 4.66. The largest absolute Gasteiger partial charge is 0.478 e. The van der Waals surface area contributed by atoms with Crippen molar-refractivity contribution in [1.29, 1.82) is 0 Å². The maximum Gasteiger partial charge on any atom is 0.338 e. The summed E-state index contributed by atoms with van der Waals surface area (Å²) in [5.74, 6) is -3.24. The highest BCUT2D eigenvalue weighted by Crippen LogP contribution is 2.08. The normalized spacial score (nSPS) is 8.62. The van der Waals surface area contributed by atoms with Crippen LogP contribution in [0.5, 0.6) is 0 Å². The van der Waals surface area contributed by atoms with E-state index in [4.69, 9.17) is 5.11 Å². The molecule has 4 heteroatoms. The smallest absolute Gasteiger partial charge is 0.338 e. The Balaban J connectivity index is 0.000000671. The monoisotopic (exact) mass is 188 g/mol. The van der Waals surface area contributed by atoms with Crippen molar-refractivity contribution in [3.05, 3.63) is 35.4 Å². The van der Waals surface area contributed by atoms with Crippen molar-refractivity contribution >= 4 is 5.97 Å². The first kappa shape index (κ1) is 11.6. The Morgan fingerprint density at radius 3 is 2.23 bits per heavy atom. The molecule has 0 saturated heterocycles. The highest BCUT2D eigenvalue weighted by molar-refractivity contribution is 5.87. The minimum atomic E-state index is -1.40. The van der Waals surface area contributed by atoms with Gasteiger partial charge in [-0.1, -0.05) is 13.8 Å². The average molecular weight is 188 g/mol. The number of hydrogen-bond donors (Lipinski definition) is 1. The number of carboxylic acid groups (broad SMARTS) is 1. The summed E-state index contributed by atoms with van der Waals surface area (Å²) in [6.45, 7) is 4.00. The first-order valence-corrected chi connectivity index (χ1v) is 3.79. The molecule has 0 amide bonds. The predicted octanol–water partition coefficient (Wildman–Crippen LogP) is 2.69. The van der Waals surface area contributed by atoms with E-state index in [2.05, 4.69) is 0 Å². The zero-order chi connectivity index (χ0) is 10.4. The molecule has 0 spiro atoms. The molecule has 0 heterocycles. The third kappa shape index (κ3) is 3.19. The molecule has 0 aromatic heterocycles. The number of hydrogen-bond acceptors (Lipinski definition) is 1. The Morgan fingerprint density at radius 1 is 1.31 bits per heavy atom. The van der Waals surface area contributed by atoms with Crippen LogP contribution in [0.3, 0.4) is 0 Å². The van der Waals surface area contributed by atoms with Gasteiger partial charge in [0.05, 0.1) is 5.56 Å². The van der Waals surface area contributed by atoms with Crippen molar-refractivity contribution in [3.63, 3.8) is 0 Å². The van der Waals surface area contributed by atoms with Crippen LogP contribution >= 0.6 is 0 Å². The van der Waals surface area contributed by atoms with Crippen molar-refractivity contribution < 1.29 is 18.7 Å². The lowest BCUT2D eigenvalue weighted by Gasteiger charge is -1.94. The fourth-order valence-electron chi connectivity index (χ4n) is 0.663. The molecule has 1 aromatic rings. The second kappa shape index (κ2) is 5.24. The zero-order valence-electron chi connectivity index (χ0n) is 7.34. The number of rotatable bonds is 1. The topological polar surface area (TPSA) is 37.3 Å². The van der Waals surface area contributed by atoms with Crippen molar-refractivity contribution in [2.45, 2.75) is 13.8 Å². The van der Waals surface area contributed by atoms with Crippen LogP contribution in [0.4, 0.5) is 8.78 Å². The molecule has 72 valence electrons. The Bertz CT molecular complexity index is 298. The van der Waals surface area contributed by atoms with Crippen LogP contribution in [0, 0.1) is 11.6 Å². The van der Waals surface area contributed by atoms with E-state index in [-0.39, 0.29) is 0 Å². The van der Waals surface area contributed by atoms with E-state index in [0.717, 1.165) is 12.1 Å². The average Bonchev–Trinajstić information content (AvgIpc) is 2.07. The molecule has 1 aromatic carbocycles. The number of carbonyl (C=O) groups is 1. The molecule has 0 bridgehead atoms. The summed E-state index contributed by atoms with van der Waals surface area (Å²) in [6, 6.07) is 2.31. The van der Waals surface area contributed by atoms with Gasteiger partial charge in [0, 0.05) is 6.07 Å². The Morgan fingerprint density at radius 2 is 1.85 bits per heavy atom. The minimum Gasteiger partial charge on any atom is -0.478 e. The molecule has 0 saturated carbocycles. The van der Waals surface area contributed by atoms with Crippen LogP contribution in [0.2, 0.25) is 0 Å². The molecule has 0 unspecified atom stereocenters. The molecule has 1 N–H and O–H groups in total. The highest BCUT2D eigenvalue weighted by atomic mass is 19.1. The number of halogens is 2. The van der Waals surface area contributed by atoms with Crippen molar-refractivity contribution in [2.75, 3.05) is 0 Å². The van der Waals surface area contributed by atoms with Crippen LogP contribution in [0.1, 0.15) is 24.2 Å². The van der Waals surface area contributed by atoms with Gasteiger partial charge >= 0.3 is 5.97 Å². The van der Waals surface area contributed by atoms with Gasteiger partial charge in [0.25, 0.3) is 0 Å². The molecule has 13 heavy (non-hydrogen) atoms. The summed E-state index contributed by atoms with van der Waals surface area (Å²) in [6.07, 6.45) is 0. The van der Waals surface area contributed by atoms with Crippen LogP contribution in [-0.2, 0) is 0 Å². The van der Waals surface area contributed by atoms with Gasteiger partial charge in [-0.15, -0.1) is 0 Å². The standard InChI is InChI=1S/C7H4F2O2.C2H6/c8-4-1-2-5(7(10)11)6(9)3-4;1-2/h1-3H,(H,10,11);1-2H3. The zero-order valence-corrected chi connectivity index (χ0v) is 7.34.